The maximum Gasteiger partial charge on any atom is 0.354 e. The zero-order valence-electron chi connectivity index (χ0n) is 46.5. The molecule has 81 heavy (non-hydrogen) atoms. The van der Waals surface area contributed by atoms with Crippen molar-refractivity contribution in [2.75, 3.05) is 19.0 Å². The van der Waals surface area contributed by atoms with Crippen molar-refractivity contribution < 1.29 is 125 Å². The van der Waals surface area contributed by atoms with Gasteiger partial charge in [0.05, 0.1) is 45.2 Å². The fraction of sp³-hybridized carbons (Fsp3) is 0.351. The number of halogens is 1. The van der Waals surface area contributed by atoms with E-state index >= 15 is 0 Å². The number of rotatable bonds is 12. The topological polar surface area (TPSA) is 220 Å². The molecule has 0 aliphatic heterocycles. The molecule has 8 heterocycles. The summed E-state index contributed by atoms with van der Waals surface area (Å²) in [5.41, 5.74) is 6.29. The number of carbonyl (C=O) groups is 2. The van der Waals surface area contributed by atoms with Gasteiger partial charge in [0.25, 0.3) is 0 Å². The SMILES string of the molecule is CCc1cccc(-n2[c-]cc(C3CCCCC3)n2)n1.CCc1cccc(C(=O)O)n1.C[SiH2]c1cc(C(C)(C)C)cc(-n2[c-]cc(N(C)C)n2)n1.Cc1c[c-]n(-c2cccc(CC#N)n2)n1.O=C(O)c1cccc(CF)n1.[Ir].[Ir].[Ir].[Ir].[Ir]. The number of hydrogen-bond acceptors (Lipinski definition) is 12. The van der Waals surface area contributed by atoms with Crippen LogP contribution in [0.5, 0.6) is 0 Å². The van der Waals surface area contributed by atoms with Crippen LogP contribution in [0.3, 0.4) is 0 Å². The molecule has 24 heteroatoms. The second kappa shape index (κ2) is 38.7. The van der Waals surface area contributed by atoms with Crippen LogP contribution in [0.2, 0.25) is 6.55 Å². The first-order valence-corrected chi connectivity index (χ1v) is 27.4. The summed E-state index contributed by atoms with van der Waals surface area (Å²) in [6.45, 7) is 14.2. The van der Waals surface area contributed by atoms with Crippen molar-refractivity contribution in [1.29, 1.82) is 5.26 Å². The molecule has 1 saturated carbocycles. The molecule has 0 spiro atoms. The average molecular weight is 2010 g/mol. The summed E-state index contributed by atoms with van der Waals surface area (Å²) in [4.78, 5) is 43.7. The minimum Gasteiger partial charge on any atom is -0.477 e. The van der Waals surface area contributed by atoms with Gasteiger partial charge in [0.15, 0.2) is 0 Å². The van der Waals surface area contributed by atoms with Crippen LogP contribution in [0.25, 0.3) is 17.5 Å². The van der Waals surface area contributed by atoms with Crippen LogP contribution in [0.15, 0.2) is 103 Å². The first-order valence-electron chi connectivity index (χ1n) is 25.3. The molecule has 9 rings (SSSR count). The molecule has 0 amide bonds. The maximum atomic E-state index is 11.9. The number of carboxylic acid groups (broad SMARTS) is 2. The third-order valence-corrected chi connectivity index (χ3v) is 12.8. The molecule has 0 aromatic carbocycles. The van der Waals surface area contributed by atoms with Crippen molar-refractivity contribution in [2.24, 2.45) is 0 Å². The van der Waals surface area contributed by atoms with E-state index in [2.05, 4.69) is 112 Å². The van der Waals surface area contributed by atoms with Crippen molar-refractivity contribution in [3.05, 3.63) is 173 Å². The number of nitriles is 1. The number of aromatic carboxylic acids is 2. The van der Waals surface area contributed by atoms with Crippen molar-refractivity contribution in [3.63, 3.8) is 0 Å². The van der Waals surface area contributed by atoms with Crippen LogP contribution in [-0.2, 0) is 132 Å². The molecule has 0 unspecified atom stereocenters. The second-order valence-corrected chi connectivity index (χ2v) is 20.2. The van der Waals surface area contributed by atoms with E-state index in [1.807, 2.05) is 81.4 Å². The predicted molar refractivity (Wildman–Crippen MR) is 293 cm³/mol. The summed E-state index contributed by atoms with van der Waals surface area (Å²) in [7, 11) is 3.65. The van der Waals surface area contributed by atoms with Crippen LogP contribution in [-0.4, -0.2) is 100 Å². The van der Waals surface area contributed by atoms with Crippen LogP contribution >= 0.6 is 0 Å². The standard InChI is InChI=1S/C16H20N3.C15H23N4Si.C11H9N4.C8H9NO2.C7H6FNO2.5Ir/c1-2-14-9-6-10-16(17-14)19-12-11-15(18-19)13-7-4-3-5-8-13;1-15(2,3)11-9-13(16-14(10-11)20-6)19-8-7-12(17-19)18(4)5;1-9-6-8-15(14-9)11-4-2-3-10(13-11)5-7-12;1-2-6-4-3-5-7(9-6)8(10)11;8-4-5-2-1-3-6(9-5)7(10)11;;;;;/h6,9-11,13H,2-5,7-8H2,1H3;7,9-10H,20H2,1-6H3;2-4,6H,5H2,1H3;3-5H,2H2,1H3,(H,10,11);1-3H,4H2,(H,10,11);;;;;/q3*-1;;;;;;;. The van der Waals surface area contributed by atoms with Crippen LogP contribution in [0, 0.1) is 36.8 Å². The minimum atomic E-state index is -1.14. The summed E-state index contributed by atoms with van der Waals surface area (Å²) in [5.74, 6) is 1.84. The Labute approximate surface area is 544 Å². The van der Waals surface area contributed by atoms with Gasteiger partial charge in [-0.1, -0.05) is 141 Å². The van der Waals surface area contributed by atoms with E-state index < -0.39 is 18.6 Å². The molecular weight excluding hydrogens is 1940 g/mol. The molecule has 2 N–H and O–H groups in total. The summed E-state index contributed by atoms with van der Waals surface area (Å²) in [5, 5.41) is 40.1. The van der Waals surface area contributed by atoms with Gasteiger partial charge >= 0.3 is 11.9 Å². The molecular formula is C57H67FIr5N13O4Si-3. The van der Waals surface area contributed by atoms with Gasteiger partial charge in [-0.05, 0) is 97.7 Å². The van der Waals surface area contributed by atoms with E-state index in [0.717, 1.165) is 53.1 Å². The first-order chi connectivity index (χ1) is 36.4. The molecule has 1 aliphatic rings. The molecule has 1 fully saturated rings. The number of aromatic nitrogens is 11. The van der Waals surface area contributed by atoms with Crippen molar-refractivity contribution in [2.45, 2.75) is 117 Å². The van der Waals surface area contributed by atoms with Gasteiger partial charge in [0.2, 0.25) is 0 Å². The average Bonchev–Trinajstić information content (AvgIpc) is 4.25. The molecule has 0 atom stereocenters. The van der Waals surface area contributed by atoms with Gasteiger partial charge < -0.3 is 34.1 Å². The van der Waals surface area contributed by atoms with E-state index in [9.17, 15) is 14.0 Å². The van der Waals surface area contributed by atoms with Gasteiger partial charge in [-0.15, -0.1) is 18.2 Å². The molecule has 8 aromatic rings. The predicted octanol–water partition coefficient (Wildman–Crippen LogP) is 8.97. The quantitative estimate of drug-likeness (QED) is 0.0862. The summed E-state index contributed by atoms with van der Waals surface area (Å²) >= 11 is 0. The molecule has 0 bridgehead atoms. The van der Waals surface area contributed by atoms with E-state index in [0.29, 0.717) is 18.2 Å². The Morgan fingerprint density at radius 1 is 0.679 bits per heavy atom. The Morgan fingerprint density at radius 2 is 1.17 bits per heavy atom. The second-order valence-electron chi connectivity index (χ2n) is 18.8. The number of aryl methyl sites for hydroxylation is 3. The third kappa shape index (κ3) is 24.8. The molecule has 5 radical (unpaired) electrons. The monoisotopic (exact) mass is 2010 g/mol. The van der Waals surface area contributed by atoms with E-state index in [1.54, 1.807) is 26.2 Å². The minimum absolute atomic E-state index is 0. The third-order valence-electron chi connectivity index (χ3n) is 11.7. The number of carboxylic acids is 2. The van der Waals surface area contributed by atoms with E-state index in [-0.39, 0.29) is 133 Å². The Hall–Kier alpha value is -5.00. The Balaban J connectivity index is 0.000000992. The fourth-order valence-electron chi connectivity index (χ4n) is 7.43. The molecule has 17 nitrogen and oxygen atoms in total. The zero-order valence-corrected chi connectivity index (χ0v) is 59.9. The van der Waals surface area contributed by atoms with Crippen molar-refractivity contribution in [3.8, 4) is 23.5 Å². The largest absolute Gasteiger partial charge is 0.477 e. The van der Waals surface area contributed by atoms with Gasteiger partial charge in [-0.3, -0.25) is 20.2 Å². The summed E-state index contributed by atoms with van der Waals surface area (Å²) in [6, 6.07) is 33.0. The number of nitrogens with zero attached hydrogens (tertiary/aromatic N) is 13. The van der Waals surface area contributed by atoms with Crippen LogP contribution in [0.1, 0.15) is 133 Å². The van der Waals surface area contributed by atoms with Gasteiger partial charge in [-0.25, -0.2) is 29.0 Å². The smallest absolute Gasteiger partial charge is 0.354 e. The zero-order chi connectivity index (χ0) is 55.2. The fourth-order valence-corrected chi connectivity index (χ4v) is 8.17. The van der Waals surface area contributed by atoms with E-state index in [4.69, 9.17) is 20.5 Å². The number of alkyl halides is 1. The number of hydrogen-bond donors (Lipinski definition) is 2. The van der Waals surface area contributed by atoms with Crippen molar-refractivity contribution in [1.82, 2.24) is 54.3 Å². The van der Waals surface area contributed by atoms with Crippen molar-refractivity contribution >= 4 is 32.6 Å². The Bertz CT molecular complexity index is 3120. The Kier molecular flexibility index (Phi) is 36.3. The van der Waals surface area contributed by atoms with E-state index in [1.165, 1.54) is 72.9 Å². The molecule has 1 aliphatic carbocycles. The summed E-state index contributed by atoms with van der Waals surface area (Å²) in [6.07, 6.45) is 17.9. The van der Waals surface area contributed by atoms with Crippen LogP contribution in [0.4, 0.5) is 10.2 Å². The number of anilines is 1. The van der Waals surface area contributed by atoms with Gasteiger partial charge in [-0.2, -0.15) is 5.26 Å². The molecule has 0 saturated heterocycles. The summed E-state index contributed by atoms with van der Waals surface area (Å²) < 4.78 is 17.0. The normalized spacial score (nSPS) is 11.4. The van der Waals surface area contributed by atoms with Gasteiger partial charge in [0.1, 0.15) is 18.1 Å². The Morgan fingerprint density at radius 3 is 1.67 bits per heavy atom. The molecule has 8 aromatic heterocycles. The maximum absolute atomic E-state index is 11.9. The van der Waals surface area contributed by atoms with Gasteiger partial charge in [0, 0.05) is 129 Å². The number of pyridine rings is 5. The molecule has 443 valence electrons. The first kappa shape index (κ1) is 76.0. The van der Waals surface area contributed by atoms with Crippen LogP contribution < -0.4 is 10.2 Å².